The number of anilines is 2. The monoisotopic (exact) mass is 502 g/mol. The molecule has 6 N–H and O–H groups in total. The Morgan fingerprint density at radius 3 is 1.54 bits per heavy atom. The Bertz CT molecular complexity index is 1310. The highest BCUT2D eigenvalue weighted by Gasteiger charge is 2.11. The van der Waals surface area contributed by atoms with E-state index < -0.39 is 5.97 Å². The fourth-order valence-electron chi connectivity index (χ4n) is 3.17. The molecule has 0 saturated heterocycles. The third-order valence-corrected chi connectivity index (χ3v) is 5.09. The summed E-state index contributed by atoms with van der Waals surface area (Å²) in [5.74, 6) is 0.263. The number of amides is 1. The van der Waals surface area contributed by atoms with Crippen molar-refractivity contribution >= 4 is 23.5 Å². The third-order valence-electron chi connectivity index (χ3n) is 5.09. The smallest absolute Gasteiger partial charge is 0.335 e. The summed E-state index contributed by atoms with van der Waals surface area (Å²) in [6.07, 6.45) is 3.28. The number of nitrogens with one attached hydrogen (secondary N) is 1. The Morgan fingerprint density at radius 2 is 1.19 bits per heavy atom. The first-order chi connectivity index (χ1) is 17.5. The molecule has 9 heteroatoms. The van der Waals surface area contributed by atoms with Crippen LogP contribution in [0.15, 0.2) is 73.1 Å². The first-order valence-corrected chi connectivity index (χ1v) is 11.2. The molecule has 0 saturated carbocycles. The van der Waals surface area contributed by atoms with Crippen molar-refractivity contribution in [2.24, 2.45) is 0 Å². The van der Waals surface area contributed by atoms with Gasteiger partial charge < -0.3 is 26.4 Å². The summed E-state index contributed by atoms with van der Waals surface area (Å²) in [5.41, 5.74) is 8.51. The summed E-state index contributed by atoms with van der Waals surface area (Å²) in [6, 6.07) is 16.9. The summed E-state index contributed by atoms with van der Waals surface area (Å²) in [6.45, 7) is 6.88. The maximum absolute atomic E-state index is 12.0. The molecule has 2 heterocycles. The molecule has 2 aromatic carbocycles. The number of aromatic nitrogens is 2. The van der Waals surface area contributed by atoms with Crippen LogP contribution in [0.25, 0.3) is 0 Å². The van der Waals surface area contributed by atoms with E-state index >= 15 is 0 Å². The first-order valence-electron chi connectivity index (χ1n) is 11.2. The van der Waals surface area contributed by atoms with E-state index in [-0.39, 0.29) is 23.0 Å². The van der Waals surface area contributed by atoms with Gasteiger partial charge in [0, 0.05) is 18.0 Å². The van der Waals surface area contributed by atoms with Crippen LogP contribution in [0.2, 0.25) is 0 Å². The Morgan fingerprint density at radius 1 is 0.730 bits per heavy atom. The zero-order valence-corrected chi connectivity index (χ0v) is 21.1. The average molecular weight is 503 g/mol. The highest BCUT2D eigenvalue weighted by molar-refractivity contribution is 6.04. The second-order valence-corrected chi connectivity index (χ2v) is 8.15. The van der Waals surface area contributed by atoms with E-state index in [2.05, 4.69) is 15.3 Å². The minimum absolute atomic E-state index is 0.167. The summed E-state index contributed by atoms with van der Waals surface area (Å²) < 4.78 is 0. The van der Waals surface area contributed by atoms with Gasteiger partial charge in [-0.25, -0.2) is 14.8 Å². The molecular weight excluding hydrogens is 472 g/mol. The van der Waals surface area contributed by atoms with E-state index in [1.54, 1.807) is 76.5 Å². The lowest BCUT2D eigenvalue weighted by Crippen LogP contribution is -2.13. The van der Waals surface area contributed by atoms with Gasteiger partial charge in [0.25, 0.3) is 5.91 Å². The van der Waals surface area contributed by atoms with Gasteiger partial charge in [-0.15, -0.1) is 0 Å². The quantitative estimate of drug-likeness (QED) is 0.261. The minimum Gasteiger partial charge on any atom is -0.507 e. The van der Waals surface area contributed by atoms with Gasteiger partial charge in [0.05, 0.1) is 5.56 Å². The number of aromatic carboxylic acids is 1. The number of rotatable bonds is 3. The average Bonchev–Trinajstić information content (AvgIpc) is 2.87. The first kappa shape index (κ1) is 28.3. The maximum atomic E-state index is 12.0. The number of aromatic hydroxyl groups is 2. The minimum atomic E-state index is -0.971. The highest BCUT2D eigenvalue weighted by Crippen LogP contribution is 2.24. The molecule has 0 atom stereocenters. The predicted octanol–water partition coefficient (Wildman–Crippen LogP) is 5.03. The van der Waals surface area contributed by atoms with Crippen LogP contribution in [0.4, 0.5) is 11.6 Å². The van der Waals surface area contributed by atoms with Gasteiger partial charge in [0.2, 0.25) is 0 Å². The van der Waals surface area contributed by atoms with E-state index in [1.165, 1.54) is 12.1 Å². The number of carboxylic acids is 1. The van der Waals surface area contributed by atoms with Crippen molar-refractivity contribution in [2.45, 2.75) is 27.7 Å². The third kappa shape index (κ3) is 8.66. The molecule has 192 valence electrons. The Kier molecular flexibility index (Phi) is 10.1. The number of nitrogens with zero attached hydrogens (tertiary/aromatic N) is 2. The van der Waals surface area contributed by atoms with Gasteiger partial charge in [-0.1, -0.05) is 12.1 Å². The Balaban J connectivity index is 0.000000217. The molecule has 0 fully saturated rings. The fourth-order valence-corrected chi connectivity index (χ4v) is 3.17. The number of nitrogen functional groups attached to an aromatic ring is 1. The van der Waals surface area contributed by atoms with Gasteiger partial charge in [0.15, 0.2) is 0 Å². The number of benzene rings is 2. The number of pyridine rings is 2. The topological polar surface area (TPSA) is 159 Å². The van der Waals surface area contributed by atoms with E-state index in [4.69, 9.17) is 10.8 Å². The van der Waals surface area contributed by atoms with Gasteiger partial charge in [-0.05, 0) is 98.5 Å². The number of carboxylic acid groups (broad SMARTS) is 1. The molecule has 4 rings (SSSR count). The molecule has 0 aliphatic carbocycles. The van der Waals surface area contributed by atoms with Gasteiger partial charge in [-0.3, -0.25) is 4.79 Å². The standard InChI is InChI=1S/C14H14N2O2.C9H10O3.C5H6N2/c1-9-7-11(8-10(2)13(9)17)14(18)16-12-5-3-4-6-15-12;1-5-3-7(9(11)12)4-6(2)8(5)10;6-5-3-1-2-4-7-5/h3-8,17H,1-2H3,(H,15,16,18);3-4,10H,1-2H3,(H,11,12);1-4H,(H2,6,7). The molecule has 0 unspecified atom stereocenters. The lowest BCUT2D eigenvalue weighted by atomic mass is 10.1. The van der Waals surface area contributed by atoms with E-state index in [9.17, 15) is 19.8 Å². The summed E-state index contributed by atoms with van der Waals surface area (Å²) >= 11 is 0. The number of phenols is 2. The molecule has 0 aliphatic rings. The molecule has 0 radical (unpaired) electrons. The molecule has 0 aliphatic heterocycles. The zero-order chi connectivity index (χ0) is 27.5. The predicted molar refractivity (Wildman–Crippen MR) is 143 cm³/mol. The van der Waals surface area contributed by atoms with E-state index in [0.717, 1.165) is 0 Å². The molecule has 0 bridgehead atoms. The molecule has 0 spiro atoms. The lowest BCUT2D eigenvalue weighted by Gasteiger charge is -2.08. The van der Waals surface area contributed by atoms with Crippen molar-refractivity contribution < 1.29 is 24.9 Å². The van der Waals surface area contributed by atoms with E-state index in [0.29, 0.717) is 39.5 Å². The van der Waals surface area contributed by atoms with Crippen LogP contribution >= 0.6 is 0 Å². The summed E-state index contributed by atoms with van der Waals surface area (Å²) in [4.78, 5) is 30.3. The van der Waals surface area contributed by atoms with Gasteiger partial charge >= 0.3 is 5.97 Å². The van der Waals surface area contributed by atoms with Crippen LogP contribution in [0.5, 0.6) is 11.5 Å². The van der Waals surface area contributed by atoms with Gasteiger partial charge in [0.1, 0.15) is 23.1 Å². The second-order valence-electron chi connectivity index (χ2n) is 8.15. The summed E-state index contributed by atoms with van der Waals surface area (Å²) in [7, 11) is 0. The second kappa shape index (κ2) is 13.2. The summed E-state index contributed by atoms with van der Waals surface area (Å²) in [5, 5.41) is 30.3. The number of aryl methyl sites for hydroxylation is 4. The number of hydrogen-bond donors (Lipinski definition) is 5. The van der Waals surface area contributed by atoms with Crippen LogP contribution in [0.3, 0.4) is 0 Å². The fraction of sp³-hybridized carbons (Fsp3) is 0.143. The van der Waals surface area contributed by atoms with E-state index in [1.807, 2.05) is 12.1 Å². The molecule has 2 aromatic heterocycles. The maximum Gasteiger partial charge on any atom is 0.335 e. The number of hydrogen-bond acceptors (Lipinski definition) is 7. The van der Waals surface area contributed by atoms with Gasteiger partial charge in [-0.2, -0.15) is 0 Å². The molecule has 4 aromatic rings. The van der Waals surface area contributed by atoms with Crippen molar-refractivity contribution in [2.75, 3.05) is 11.1 Å². The molecule has 37 heavy (non-hydrogen) atoms. The molecular formula is C28H30N4O5. The molecule has 1 amide bonds. The van der Waals surface area contributed by atoms with Crippen molar-refractivity contribution in [1.29, 1.82) is 0 Å². The van der Waals surface area contributed by atoms with Crippen LogP contribution in [-0.2, 0) is 0 Å². The van der Waals surface area contributed by atoms with Crippen molar-refractivity contribution in [1.82, 2.24) is 9.97 Å². The van der Waals surface area contributed by atoms with Crippen molar-refractivity contribution in [3.05, 3.63) is 106 Å². The van der Waals surface area contributed by atoms with Crippen LogP contribution < -0.4 is 11.1 Å². The number of nitrogens with two attached hydrogens (primary N) is 1. The molecule has 9 nitrogen and oxygen atoms in total. The SMILES string of the molecule is Cc1cc(C(=O)Nc2ccccn2)cc(C)c1O.Cc1cc(C(=O)O)cc(C)c1O.Nc1ccccn1. The number of phenolic OH excluding ortho intramolecular Hbond substituents is 2. The largest absolute Gasteiger partial charge is 0.507 e. The highest BCUT2D eigenvalue weighted by atomic mass is 16.4. The zero-order valence-electron chi connectivity index (χ0n) is 21.1. The van der Waals surface area contributed by atoms with Crippen LogP contribution in [-0.4, -0.2) is 37.2 Å². The Hall–Kier alpha value is -4.92. The Labute approximate surface area is 215 Å². The lowest BCUT2D eigenvalue weighted by molar-refractivity contribution is 0.0696. The van der Waals surface area contributed by atoms with Crippen LogP contribution in [0.1, 0.15) is 43.0 Å². The normalized spacial score (nSPS) is 9.73. The number of carbonyl (C=O) groups is 2. The number of carbonyl (C=O) groups excluding carboxylic acids is 1. The van der Waals surface area contributed by atoms with Crippen LogP contribution in [0, 0.1) is 27.7 Å². The van der Waals surface area contributed by atoms with Crippen molar-refractivity contribution in [3.8, 4) is 11.5 Å². The van der Waals surface area contributed by atoms with Crippen molar-refractivity contribution in [3.63, 3.8) is 0 Å².